The maximum atomic E-state index is 5.98. The lowest BCUT2D eigenvalue weighted by Gasteiger charge is -2.22. The fraction of sp³-hybridized carbons (Fsp3) is 0.550. The number of nitrogens with one attached hydrogen (secondary N) is 2. The summed E-state index contributed by atoms with van der Waals surface area (Å²) in [6.45, 7) is 5.47. The Labute approximate surface area is 165 Å². The van der Waals surface area contributed by atoms with E-state index in [2.05, 4.69) is 38.6 Å². The lowest BCUT2D eigenvalue weighted by atomic mass is 9.98. The summed E-state index contributed by atoms with van der Waals surface area (Å²) in [5, 5.41) is 7.69. The topological polar surface area (TPSA) is 71.4 Å². The van der Waals surface area contributed by atoms with Gasteiger partial charge in [0.25, 0.3) is 0 Å². The molecule has 3 rings (SSSR count). The summed E-state index contributed by atoms with van der Waals surface area (Å²) >= 11 is 1.72. The number of ether oxygens (including phenoxy) is 1. The minimum atomic E-state index is 0.330. The Balaban J connectivity index is 1.44. The molecule has 1 aliphatic rings. The maximum Gasteiger partial charge on any atom is 0.213 e. The van der Waals surface area contributed by atoms with Gasteiger partial charge in [-0.25, -0.2) is 9.97 Å². The molecule has 2 aromatic heterocycles. The van der Waals surface area contributed by atoms with Crippen molar-refractivity contribution >= 4 is 17.3 Å². The van der Waals surface area contributed by atoms with Crippen LogP contribution in [0.15, 0.2) is 23.3 Å². The number of pyridine rings is 1. The van der Waals surface area contributed by atoms with Crippen LogP contribution in [0.25, 0.3) is 0 Å². The molecule has 0 radical (unpaired) electrons. The number of hydrogen-bond donors (Lipinski definition) is 2. The number of nitrogens with zero attached hydrogens (tertiary/aromatic N) is 3. The van der Waals surface area contributed by atoms with Gasteiger partial charge < -0.3 is 15.4 Å². The number of guanidine groups is 1. The van der Waals surface area contributed by atoms with Gasteiger partial charge in [0, 0.05) is 30.7 Å². The van der Waals surface area contributed by atoms with E-state index in [-0.39, 0.29) is 0 Å². The lowest BCUT2D eigenvalue weighted by molar-refractivity contribution is 0.148. The second-order valence-corrected chi connectivity index (χ2v) is 8.20. The first-order valence-electron chi connectivity index (χ1n) is 9.63. The van der Waals surface area contributed by atoms with E-state index in [1.54, 1.807) is 18.4 Å². The minimum absolute atomic E-state index is 0.330. The fourth-order valence-electron chi connectivity index (χ4n) is 3.12. The summed E-state index contributed by atoms with van der Waals surface area (Å²) in [4.78, 5) is 14.5. The zero-order valence-electron chi connectivity index (χ0n) is 16.4. The van der Waals surface area contributed by atoms with Gasteiger partial charge in [-0.15, -0.1) is 11.3 Å². The molecule has 0 saturated heterocycles. The van der Waals surface area contributed by atoms with Gasteiger partial charge in [0.1, 0.15) is 11.1 Å². The van der Waals surface area contributed by atoms with E-state index >= 15 is 0 Å². The summed E-state index contributed by atoms with van der Waals surface area (Å²) in [6, 6.07) is 4.02. The van der Waals surface area contributed by atoms with Crippen molar-refractivity contribution in [3.05, 3.63) is 39.5 Å². The van der Waals surface area contributed by atoms with Gasteiger partial charge in [0.2, 0.25) is 5.88 Å². The average molecular weight is 388 g/mol. The third-order valence-electron chi connectivity index (χ3n) is 4.80. The summed E-state index contributed by atoms with van der Waals surface area (Å²) < 4.78 is 5.98. The first-order chi connectivity index (χ1) is 13.1. The SMILES string of the molecule is CN=C(NCc1ccc(OC2CCCCC2)nc1)NCc1nc(C)c(C)s1. The molecule has 0 atom stereocenters. The quantitative estimate of drug-likeness (QED) is 0.584. The molecule has 7 heteroatoms. The Kier molecular flexibility index (Phi) is 7.04. The van der Waals surface area contributed by atoms with Gasteiger partial charge >= 0.3 is 0 Å². The molecule has 27 heavy (non-hydrogen) atoms. The second kappa shape index (κ2) is 9.69. The normalized spacial score (nSPS) is 15.6. The van der Waals surface area contributed by atoms with Gasteiger partial charge in [-0.3, -0.25) is 4.99 Å². The number of hydrogen-bond acceptors (Lipinski definition) is 5. The van der Waals surface area contributed by atoms with E-state index in [1.807, 2.05) is 19.2 Å². The monoisotopic (exact) mass is 387 g/mol. The number of thiazole rings is 1. The van der Waals surface area contributed by atoms with E-state index in [9.17, 15) is 0 Å². The molecule has 0 amide bonds. The molecule has 1 aliphatic carbocycles. The number of rotatable bonds is 6. The molecular formula is C20H29N5OS. The van der Waals surface area contributed by atoms with Gasteiger partial charge in [0.05, 0.1) is 12.2 Å². The van der Waals surface area contributed by atoms with E-state index in [0.29, 0.717) is 19.2 Å². The molecule has 2 heterocycles. The van der Waals surface area contributed by atoms with Gasteiger partial charge in [0.15, 0.2) is 5.96 Å². The average Bonchev–Trinajstić information content (AvgIpc) is 3.01. The summed E-state index contributed by atoms with van der Waals surface area (Å²) in [5.74, 6) is 1.48. The molecule has 0 aliphatic heterocycles. The van der Waals surface area contributed by atoms with Crippen LogP contribution in [0.2, 0.25) is 0 Å². The van der Waals surface area contributed by atoms with E-state index in [1.165, 1.54) is 24.1 Å². The Bertz CT molecular complexity index is 731. The van der Waals surface area contributed by atoms with Crippen molar-refractivity contribution in [3.63, 3.8) is 0 Å². The van der Waals surface area contributed by atoms with Crippen LogP contribution in [-0.2, 0) is 13.1 Å². The van der Waals surface area contributed by atoms with Crippen LogP contribution in [0.3, 0.4) is 0 Å². The highest BCUT2D eigenvalue weighted by atomic mass is 32.1. The summed E-state index contributed by atoms with van der Waals surface area (Å²) in [7, 11) is 1.77. The molecule has 0 spiro atoms. The van der Waals surface area contributed by atoms with Crippen molar-refractivity contribution in [1.29, 1.82) is 0 Å². The molecule has 2 aromatic rings. The van der Waals surface area contributed by atoms with Crippen molar-refractivity contribution in [2.75, 3.05) is 7.05 Å². The zero-order valence-corrected chi connectivity index (χ0v) is 17.2. The number of aromatic nitrogens is 2. The smallest absolute Gasteiger partial charge is 0.213 e. The van der Waals surface area contributed by atoms with Crippen LogP contribution in [-0.4, -0.2) is 29.1 Å². The molecule has 0 unspecified atom stereocenters. The maximum absolute atomic E-state index is 5.98. The number of aliphatic imine (C=N–C) groups is 1. The molecule has 6 nitrogen and oxygen atoms in total. The van der Waals surface area contributed by atoms with Gasteiger partial charge in [-0.05, 0) is 45.1 Å². The van der Waals surface area contributed by atoms with E-state index in [0.717, 1.165) is 40.9 Å². The van der Waals surface area contributed by atoms with Gasteiger partial charge in [-0.2, -0.15) is 0 Å². The molecule has 2 N–H and O–H groups in total. The molecule has 0 aromatic carbocycles. The Morgan fingerprint density at radius 2 is 1.96 bits per heavy atom. The van der Waals surface area contributed by atoms with Crippen molar-refractivity contribution < 1.29 is 4.74 Å². The van der Waals surface area contributed by atoms with Crippen LogP contribution >= 0.6 is 11.3 Å². The third kappa shape index (κ3) is 5.92. The highest BCUT2D eigenvalue weighted by Gasteiger charge is 2.15. The van der Waals surface area contributed by atoms with Crippen LogP contribution in [0.1, 0.15) is 53.2 Å². The van der Waals surface area contributed by atoms with Crippen molar-refractivity contribution in [2.24, 2.45) is 4.99 Å². The highest BCUT2D eigenvalue weighted by molar-refractivity contribution is 7.11. The van der Waals surface area contributed by atoms with Crippen molar-refractivity contribution in [1.82, 2.24) is 20.6 Å². The highest BCUT2D eigenvalue weighted by Crippen LogP contribution is 2.22. The summed E-state index contributed by atoms with van der Waals surface area (Å²) in [5.41, 5.74) is 2.19. The van der Waals surface area contributed by atoms with Gasteiger partial charge in [-0.1, -0.05) is 12.5 Å². The van der Waals surface area contributed by atoms with E-state index in [4.69, 9.17) is 4.74 Å². The fourth-order valence-corrected chi connectivity index (χ4v) is 3.99. The molecule has 1 saturated carbocycles. The third-order valence-corrected chi connectivity index (χ3v) is 5.87. The van der Waals surface area contributed by atoms with Crippen molar-refractivity contribution in [3.8, 4) is 5.88 Å². The number of aryl methyl sites for hydroxylation is 2. The molecular weight excluding hydrogens is 358 g/mol. The second-order valence-electron chi connectivity index (χ2n) is 6.91. The van der Waals surface area contributed by atoms with Crippen LogP contribution < -0.4 is 15.4 Å². The standard InChI is InChI=1S/C20H29N5OS/c1-14-15(2)27-19(25-14)13-24-20(21-3)23-12-16-9-10-18(22-11-16)26-17-7-5-4-6-8-17/h9-11,17H,4-8,12-13H2,1-3H3,(H2,21,23,24). The predicted molar refractivity (Wildman–Crippen MR) is 110 cm³/mol. The summed E-state index contributed by atoms with van der Waals surface area (Å²) in [6.07, 6.45) is 8.34. The predicted octanol–water partition coefficient (Wildman–Crippen LogP) is 3.73. The van der Waals surface area contributed by atoms with Crippen LogP contribution in [0.4, 0.5) is 0 Å². The lowest BCUT2D eigenvalue weighted by Crippen LogP contribution is -2.36. The minimum Gasteiger partial charge on any atom is -0.474 e. The Morgan fingerprint density at radius 3 is 2.59 bits per heavy atom. The first kappa shape index (κ1) is 19.6. The Morgan fingerprint density at radius 1 is 1.19 bits per heavy atom. The molecule has 146 valence electrons. The van der Waals surface area contributed by atoms with Crippen LogP contribution in [0, 0.1) is 13.8 Å². The Hall–Kier alpha value is -2.15. The largest absolute Gasteiger partial charge is 0.474 e. The zero-order chi connectivity index (χ0) is 19.1. The molecule has 1 fully saturated rings. The molecule has 0 bridgehead atoms. The van der Waals surface area contributed by atoms with E-state index < -0.39 is 0 Å². The first-order valence-corrected chi connectivity index (χ1v) is 10.4. The van der Waals surface area contributed by atoms with Crippen LogP contribution in [0.5, 0.6) is 5.88 Å². The van der Waals surface area contributed by atoms with Crippen molar-refractivity contribution in [2.45, 2.75) is 65.1 Å².